The zero-order valence-corrected chi connectivity index (χ0v) is 12.1. The normalized spacial score (nSPS) is 12.2. The Kier molecular flexibility index (Phi) is 4.69. The zero-order valence-electron chi connectivity index (χ0n) is 12.1. The SMILES string of the molecule is CCOc1ccc(C(O)c2ccoc2C)cc1OCC. The molecule has 0 spiro atoms. The van der Waals surface area contributed by atoms with Crippen molar-refractivity contribution in [2.45, 2.75) is 26.9 Å². The molecule has 4 nitrogen and oxygen atoms in total. The van der Waals surface area contributed by atoms with Crippen LogP contribution in [0.2, 0.25) is 0 Å². The molecule has 1 aromatic carbocycles. The Morgan fingerprint density at radius 3 is 2.40 bits per heavy atom. The largest absolute Gasteiger partial charge is 0.490 e. The highest BCUT2D eigenvalue weighted by molar-refractivity contribution is 5.45. The molecule has 1 atom stereocenters. The fraction of sp³-hybridized carbons (Fsp3) is 0.375. The van der Waals surface area contributed by atoms with Crippen LogP contribution in [0, 0.1) is 6.92 Å². The lowest BCUT2D eigenvalue weighted by molar-refractivity contribution is 0.216. The number of hydrogen-bond acceptors (Lipinski definition) is 4. The average molecular weight is 276 g/mol. The van der Waals surface area contributed by atoms with E-state index in [9.17, 15) is 5.11 Å². The van der Waals surface area contributed by atoms with E-state index in [1.807, 2.05) is 39.0 Å². The standard InChI is InChI=1S/C16H20O4/c1-4-18-14-7-6-12(10-15(14)19-5-2)16(17)13-8-9-20-11(13)3/h6-10,16-17H,4-5H2,1-3H3. The van der Waals surface area contributed by atoms with Gasteiger partial charge in [0.05, 0.1) is 19.5 Å². The van der Waals surface area contributed by atoms with Gasteiger partial charge >= 0.3 is 0 Å². The summed E-state index contributed by atoms with van der Waals surface area (Å²) in [6.07, 6.45) is 0.843. The van der Waals surface area contributed by atoms with Crippen molar-refractivity contribution in [2.75, 3.05) is 13.2 Å². The summed E-state index contributed by atoms with van der Waals surface area (Å²) in [6.45, 7) is 6.79. The molecule has 0 bridgehead atoms. The molecule has 2 rings (SSSR count). The van der Waals surface area contributed by atoms with E-state index >= 15 is 0 Å². The maximum atomic E-state index is 10.4. The molecule has 0 radical (unpaired) electrons. The fourth-order valence-corrected chi connectivity index (χ4v) is 2.10. The summed E-state index contributed by atoms with van der Waals surface area (Å²) in [7, 11) is 0. The van der Waals surface area contributed by atoms with Crippen LogP contribution in [0.1, 0.15) is 36.8 Å². The molecule has 0 aliphatic heterocycles. The lowest BCUT2D eigenvalue weighted by Crippen LogP contribution is -2.03. The molecule has 1 unspecified atom stereocenters. The van der Waals surface area contributed by atoms with Crippen molar-refractivity contribution >= 4 is 0 Å². The number of furan rings is 1. The van der Waals surface area contributed by atoms with Gasteiger partial charge in [-0.15, -0.1) is 0 Å². The first kappa shape index (κ1) is 14.5. The van der Waals surface area contributed by atoms with E-state index in [0.29, 0.717) is 30.5 Å². The van der Waals surface area contributed by atoms with E-state index in [-0.39, 0.29) is 0 Å². The van der Waals surface area contributed by atoms with Crippen LogP contribution in [0.4, 0.5) is 0 Å². The molecule has 1 heterocycles. The summed E-state index contributed by atoms with van der Waals surface area (Å²) in [5.74, 6) is 2.05. The highest BCUT2D eigenvalue weighted by atomic mass is 16.5. The molecule has 0 saturated heterocycles. The number of aliphatic hydroxyl groups excluding tert-OH is 1. The van der Waals surface area contributed by atoms with Crippen LogP contribution in [-0.2, 0) is 0 Å². The first-order valence-corrected chi connectivity index (χ1v) is 6.79. The van der Waals surface area contributed by atoms with E-state index in [1.54, 1.807) is 12.3 Å². The smallest absolute Gasteiger partial charge is 0.161 e. The molecule has 2 aromatic rings. The second-order valence-electron chi connectivity index (χ2n) is 4.41. The van der Waals surface area contributed by atoms with Crippen molar-refractivity contribution < 1.29 is 19.0 Å². The lowest BCUT2D eigenvalue weighted by atomic mass is 10.0. The van der Waals surface area contributed by atoms with Crippen LogP contribution in [0.25, 0.3) is 0 Å². The van der Waals surface area contributed by atoms with Gasteiger partial charge in [0.25, 0.3) is 0 Å². The Labute approximate surface area is 118 Å². The van der Waals surface area contributed by atoms with Crippen molar-refractivity contribution in [3.8, 4) is 11.5 Å². The van der Waals surface area contributed by atoms with Gasteiger partial charge in [-0.3, -0.25) is 0 Å². The highest BCUT2D eigenvalue weighted by Gasteiger charge is 2.17. The summed E-state index contributed by atoms with van der Waals surface area (Å²) in [5.41, 5.74) is 1.51. The molecule has 1 N–H and O–H groups in total. The van der Waals surface area contributed by atoms with Crippen molar-refractivity contribution in [1.29, 1.82) is 0 Å². The van der Waals surface area contributed by atoms with Gasteiger partial charge in [0.1, 0.15) is 11.9 Å². The van der Waals surface area contributed by atoms with Gasteiger partial charge in [-0.1, -0.05) is 6.07 Å². The first-order valence-electron chi connectivity index (χ1n) is 6.79. The molecule has 0 amide bonds. The van der Waals surface area contributed by atoms with Crippen LogP contribution >= 0.6 is 0 Å². The molecule has 1 aromatic heterocycles. The Morgan fingerprint density at radius 2 is 1.80 bits per heavy atom. The van der Waals surface area contributed by atoms with Crippen molar-refractivity contribution in [3.05, 3.63) is 47.4 Å². The molecule has 4 heteroatoms. The van der Waals surface area contributed by atoms with Crippen LogP contribution in [-0.4, -0.2) is 18.3 Å². The molecule has 0 fully saturated rings. The Hall–Kier alpha value is -1.94. The van der Waals surface area contributed by atoms with Crippen LogP contribution in [0.3, 0.4) is 0 Å². The molecule has 20 heavy (non-hydrogen) atoms. The summed E-state index contributed by atoms with van der Waals surface area (Å²) in [4.78, 5) is 0. The van der Waals surface area contributed by atoms with Gasteiger partial charge in [0.2, 0.25) is 0 Å². The average Bonchev–Trinajstić information content (AvgIpc) is 2.86. The molecule has 0 aliphatic carbocycles. The number of benzene rings is 1. The maximum absolute atomic E-state index is 10.4. The zero-order chi connectivity index (χ0) is 14.5. The highest BCUT2D eigenvalue weighted by Crippen LogP contribution is 2.33. The Balaban J connectivity index is 2.32. The van der Waals surface area contributed by atoms with Gasteiger partial charge in [-0.2, -0.15) is 0 Å². The molecular weight excluding hydrogens is 256 g/mol. The minimum atomic E-state index is -0.733. The van der Waals surface area contributed by atoms with E-state index in [2.05, 4.69) is 0 Å². The third-order valence-corrected chi connectivity index (χ3v) is 3.08. The van der Waals surface area contributed by atoms with Gasteiger partial charge in [0, 0.05) is 5.56 Å². The fourth-order valence-electron chi connectivity index (χ4n) is 2.10. The van der Waals surface area contributed by atoms with Gasteiger partial charge < -0.3 is 19.0 Å². The number of ether oxygens (including phenoxy) is 2. The third kappa shape index (κ3) is 2.96. The monoisotopic (exact) mass is 276 g/mol. The predicted molar refractivity (Wildman–Crippen MR) is 76.3 cm³/mol. The summed E-state index contributed by atoms with van der Waals surface area (Å²) >= 11 is 0. The van der Waals surface area contributed by atoms with E-state index < -0.39 is 6.10 Å². The topological polar surface area (TPSA) is 51.8 Å². The Bertz CT molecular complexity index is 559. The Morgan fingerprint density at radius 1 is 1.10 bits per heavy atom. The summed E-state index contributed by atoms with van der Waals surface area (Å²) in [5, 5.41) is 10.4. The van der Waals surface area contributed by atoms with Crippen LogP contribution in [0.15, 0.2) is 34.9 Å². The predicted octanol–water partition coefficient (Wildman–Crippen LogP) is 3.47. The van der Waals surface area contributed by atoms with E-state index in [0.717, 1.165) is 11.1 Å². The number of hydrogen-bond donors (Lipinski definition) is 1. The molecule has 0 aliphatic rings. The van der Waals surface area contributed by atoms with E-state index in [4.69, 9.17) is 13.9 Å². The molecule has 0 saturated carbocycles. The minimum Gasteiger partial charge on any atom is -0.490 e. The van der Waals surface area contributed by atoms with Gasteiger partial charge in [0.15, 0.2) is 11.5 Å². The molecule has 108 valence electrons. The van der Waals surface area contributed by atoms with Crippen molar-refractivity contribution in [2.24, 2.45) is 0 Å². The van der Waals surface area contributed by atoms with Gasteiger partial charge in [-0.05, 0) is 44.5 Å². The number of aryl methyl sites for hydroxylation is 1. The molecular formula is C16H20O4. The summed E-state index contributed by atoms with van der Waals surface area (Å²) in [6, 6.07) is 7.25. The van der Waals surface area contributed by atoms with Crippen molar-refractivity contribution in [3.63, 3.8) is 0 Å². The number of aliphatic hydroxyl groups is 1. The third-order valence-electron chi connectivity index (χ3n) is 3.08. The second-order valence-corrected chi connectivity index (χ2v) is 4.41. The van der Waals surface area contributed by atoms with Crippen molar-refractivity contribution in [1.82, 2.24) is 0 Å². The van der Waals surface area contributed by atoms with Crippen LogP contribution < -0.4 is 9.47 Å². The van der Waals surface area contributed by atoms with E-state index in [1.165, 1.54) is 0 Å². The van der Waals surface area contributed by atoms with Crippen LogP contribution in [0.5, 0.6) is 11.5 Å². The van der Waals surface area contributed by atoms with Gasteiger partial charge in [-0.25, -0.2) is 0 Å². The quantitative estimate of drug-likeness (QED) is 0.877. The maximum Gasteiger partial charge on any atom is 0.161 e. The second kappa shape index (κ2) is 6.48. The minimum absolute atomic E-state index is 0.546. The first-order chi connectivity index (χ1) is 9.67. The summed E-state index contributed by atoms with van der Waals surface area (Å²) < 4.78 is 16.3. The number of rotatable bonds is 6. The lowest BCUT2D eigenvalue weighted by Gasteiger charge is -2.15.